The fourth-order valence-electron chi connectivity index (χ4n) is 2.41. The van der Waals surface area contributed by atoms with E-state index in [9.17, 15) is 5.11 Å². The summed E-state index contributed by atoms with van der Waals surface area (Å²) >= 11 is 0. The normalized spacial score (nSPS) is 12.6. The molecule has 108 valence electrons. The number of aromatic nitrogens is 2. The van der Waals surface area contributed by atoms with E-state index in [-0.39, 0.29) is 0 Å². The summed E-state index contributed by atoms with van der Waals surface area (Å²) in [6.45, 7) is 5.41. The number of aliphatic hydroxyl groups excluding tert-OH is 1. The van der Waals surface area contributed by atoms with E-state index >= 15 is 0 Å². The van der Waals surface area contributed by atoms with Gasteiger partial charge in [0.25, 0.3) is 0 Å². The van der Waals surface area contributed by atoms with Crippen LogP contribution in [0.25, 0.3) is 0 Å². The van der Waals surface area contributed by atoms with Crippen molar-refractivity contribution in [2.75, 3.05) is 7.11 Å². The summed E-state index contributed by atoms with van der Waals surface area (Å²) in [5.74, 6) is 0. The van der Waals surface area contributed by atoms with E-state index in [2.05, 4.69) is 12.0 Å². The van der Waals surface area contributed by atoms with Crippen LogP contribution in [0.4, 0.5) is 0 Å². The summed E-state index contributed by atoms with van der Waals surface area (Å²) in [5, 5.41) is 14.8. The highest BCUT2D eigenvalue weighted by Gasteiger charge is 2.13. The first-order valence-electron chi connectivity index (χ1n) is 6.93. The van der Waals surface area contributed by atoms with Crippen LogP contribution in [0.2, 0.25) is 0 Å². The SMILES string of the molecule is CCn1nc(C)cc1CC(O)c1cccc(COC)c1. The number of benzene rings is 1. The quantitative estimate of drug-likeness (QED) is 0.881. The van der Waals surface area contributed by atoms with Crippen molar-refractivity contribution >= 4 is 0 Å². The van der Waals surface area contributed by atoms with Gasteiger partial charge in [0.1, 0.15) is 0 Å². The molecule has 0 aliphatic heterocycles. The fourth-order valence-corrected chi connectivity index (χ4v) is 2.41. The number of hydrogen-bond acceptors (Lipinski definition) is 3. The predicted molar refractivity (Wildman–Crippen MR) is 78.5 cm³/mol. The third-order valence-corrected chi connectivity index (χ3v) is 3.33. The Labute approximate surface area is 120 Å². The minimum Gasteiger partial charge on any atom is -0.388 e. The lowest BCUT2D eigenvalue weighted by atomic mass is 10.0. The summed E-state index contributed by atoms with van der Waals surface area (Å²) < 4.78 is 7.07. The number of rotatable bonds is 6. The van der Waals surface area contributed by atoms with Gasteiger partial charge in [0.2, 0.25) is 0 Å². The highest BCUT2D eigenvalue weighted by Crippen LogP contribution is 2.20. The maximum Gasteiger partial charge on any atom is 0.0845 e. The van der Waals surface area contributed by atoms with E-state index in [0.29, 0.717) is 13.0 Å². The Kier molecular flexibility index (Phi) is 4.93. The lowest BCUT2D eigenvalue weighted by Crippen LogP contribution is -2.08. The summed E-state index contributed by atoms with van der Waals surface area (Å²) in [4.78, 5) is 0. The smallest absolute Gasteiger partial charge is 0.0845 e. The zero-order chi connectivity index (χ0) is 14.5. The van der Waals surface area contributed by atoms with Gasteiger partial charge in [-0.05, 0) is 31.0 Å². The molecule has 0 spiro atoms. The summed E-state index contributed by atoms with van der Waals surface area (Å²) in [7, 11) is 1.67. The number of ether oxygens (including phenoxy) is 1. The third-order valence-electron chi connectivity index (χ3n) is 3.33. The van der Waals surface area contributed by atoms with Crippen LogP contribution in [0.15, 0.2) is 30.3 Å². The first kappa shape index (κ1) is 14.8. The molecule has 0 aliphatic carbocycles. The Morgan fingerprint density at radius 1 is 1.35 bits per heavy atom. The predicted octanol–water partition coefficient (Wildman–Crippen LogP) is 2.63. The van der Waals surface area contributed by atoms with E-state index < -0.39 is 6.10 Å². The molecule has 1 atom stereocenters. The van der Waals surface area contributed by atoms with Crippen LogP contribution in [0.3, 0.4) is 0 Å². The lowest BCUT2D eigenvalue weighted by Gasteiger charge is -2.13. The zero-order valence-corrected chi connectivity index (χ0v) is 12.3. The van der Waals surface area contributed by atoms with Crippen LogP contribution in [0, 0.1) is 6.92 Å². The van der Waals surface area contributed by atoms with Crippen LogP contribution < -0.4 is 0 Å². The van der Waals surface area contributed by atoms with Crippen molar-refractivity contribution < 1.29 is 9.84 Å². The Morgan fingerprint density at radius 3 is 2.85 bits per heavy atom. The van der Waals surface area contributed by atoms with Crippen molar-refractivity contribution in [2.24, 2.45) is 0 Å². The molecule has 1 heterocycles. The number of hydrogen-bond donors (Lipinski definition) is 1. The van der Waals surface area contributed by atoms with E-state index in [1.807, 2.05) is 41.9 Å². The van der Waals surface area contributed by atoms with Gasteiger partial charge >= 0.3 is 0 Å². The molecule has 2 aromatic rings. The first-order chi connectivity index (χ1) is 9.63. The van der Waals surface area contributed by atoms with Crippen molar-refractivity contribution in [3.05, 3.63) is 52.8 Å². The molecular weight excluding hydrogens is 252 g/mol. The van der Waals surface area contributed by atoms with Gasteiger partial charge in [0.15, 0.2) is 0 Å². The molecule has 2 rings (SSSR count). The molecule has 0 fully saturated rings. The van der Waals surface area contributed by atoms with Crippen LogP contribution >= 0.6 is 0 Å². The molecule has 1 unspecified atom stereocenters. The van der Waals surface area contributed by atoms with E-state index in [1.165, 1.54) is 0 Å². The average molecular weight is 274 g/mol. The van der Waals surface area contributed by atoms with Gasteiger partial charge in [-0.2, -0.15) is 5.10 Å². The van der Waals surface area contributed by atoms with Crippen LogP contribution in [-0.4, -0.2) is 22.0 Å². The number of aryl methyl sites for hydroxylation is 2. The second-order valence-corrected chi connectivity index (χ2v) is 4.99. The van der Waals surface area contributed by atoms with Crippen LogP contribution in [0.1, 0.15) is 35.5 Å². The highest BCUT2D eigenvalue weighted by molar-refractivity contribution is 5.26. The van der Waals surface area contributed by atoms with Gasteiger partial charge in [-0.25, -0.2) is 0 Å². The molecule has 0 amide bonds. The molecule has 20 heavy (non-hydrogen) atoms. The first-order valence-corrected chi connectivity index (χ1v) is 6.93. The molecule has 1 N–H and O–H groups in total. The van der Waals surface area contributed by atoms with Gasteiger partial charge in [-0.1, -0.05) is 24.3 Å². The van der Waals surface area contributed by atoms with E-state index in [0.717, 1.165) is 29.1 Å². The van der Waals surface area contributed by atoms with Gasteiger partial charge in [-0.15, -0.1) is 0 Å². The standard InChI is InChI=1S/C16H22N2O2/c1-4-18-15(8-12(2)17-18)10-16(19)14-7-5-6-13(9-14)11-20-3/h5-9,16,19H,4,10-11H2,1-3H3. The molecule has 0 saturated carbocycles. The van der Waals surface area contributed by atoms with Gasteiger partial charge in [-0.3, -0.25) is 4.68 Å². The van der Waals surface area contributed by atoms with Crippen molar-refractivity contribution in [2.45, 2.75) is 39.5 Å². The number of nitrogens with zero attached hydrogens (tertiary/aromatic N) is 2. The maximum atomic E-state index is 10.4. The minimum atomic E-state index is -0.520. The largest absolute Gasteiger partial charge is 0.388 e. The molecule has 4 nitrogen and oxygen atoms in total. The Balaban J connectivity index is 2.14. The fraction of sp³-hybridized carbons (Fsp3) is 0.438. The van der Waals surface area contributed by atoms with Crippen molar-refractivity contribution in [1.29, 1.82) is 0 Å². The van der Waals surface area contributed by atoms with Crippen molar-refractivity contribution in [1.82, 2.24) is 9.78 Å². The molecule has 0 bridgehead atoms. The maximum absolute atomic E-state index is 10.4. The molecule has 0 radical (unpaired) electrons. The highest BCUT2D eigenvalue weighted by atomic mass is 16.5. The Hall–Kier alpha value is -1.65. The lowest BCUT2D eigenvalue weighted by molar-refractivity contribution is 0.172. The van der Waals surface area contributed by atoms with Crippen LogP contribution in [0.5, 0.6) is 0 Å². The molecule has 4 heteroatoms. The monoisotopic (exact) mass is 274 g/mol. The Bertz CT molecular complexity index is 563. The van der Waals surface area contributed by atoms with Crippen molar-refractivity contribution in [3.8, 4) is 0 Å². The summed E-state index contributed by atoms with van der Waals surface area (Å²) in [6, 6.07) is 9.93. The molecular formula is C16H22N2O2. The van der Waals surface area contributed by atoms with Gasteiger partial charge in [0.05, 0.1) is 18.4 Å². The Morgan fingerprint density at radius 2 is 2.15 bits per heavy atom. The molecule has 0 saturated heterocycles. The molecule has 0 aliphatic rings. The minimum absolute atomic E-state index is 0.520. The topological polar surface area (TPSA) is 47.3 Å². The average Bonchev–Trinajstić information content (AvgIpc) is 2.79. The van der Waals surface area contributed by atoms with Gasteiger partial charge in [0, 0.05) is 25.8 Å². The van der Waals surface area contributed by atoms with Crippen LogP contribution in [-0.2, 0) is 24.3 Å². The second kappa shape index (κ2) is 6.68. The number of methoxy groups -OCH3 is 1. The van der Waals surface area contributed by atoms with Gasteiger partial charge < -0.3 is 9.84 Å². The second-order valence-electron chi connectivity index (χ2n) is 4.99. The van der Waals surface area contributed by atoms with Crippen molar-refractivity contribution in [3.63, 3.8) is 0 Å². The van der Waals surface area contributed by atoms with E-state index in [1.54, 1.807) is 7.11 Å². The number of aliphatic hydroxyl groups is 1. The molecule has 1 aromatic carbocycles. The third kappa shape index (κ3) is 3.46. The summed E-state index contributed by atoms with van der Waals surface area (Å²) in [6.07, 6.45) is 0.0543. The zero-order valence-electron chi connectivity index (χ0n) is 12.3. The summed E-state index contributed by atoms with van der Waals surface area (Å²) in [5.41, 5.74) is 4.04. The van der Waals surface area contributed by atoms with E-state index in [4.69, 9.17) is 4.74 Å². The molecule has 1 aromatic heterocycles.